The predicted molar refractivity (Wildman–Crippen MR) is 139 cm³/mol. The second-order valence-corrected chi connectivity index (χ2v) is 12.0. The van der Waals surface area contributed by atoms with Gasteiger partial charge < -0.3 is 9.88 Å². The molecule has 184 valence electrons. The van der Waals surface area contributed by atoms with E-state index in [-0.39, 0.29) is 18.8 Å². The number of aromatic amines is 1. The van der Waals surface area contributed by atoms with Gasteiger partial charge in [0.05, 0.1) is 12.7 Å². The molecule has 4 heterocycles. The number of aromatic nitrogens is 1. The monoisotopic (exact) mass is 485 g/mol. The van der Waals surface area contributed by atoms with Gasteiger partial charge in [0.15, 0.2) is 0 Å². The first-order chi connectivity index (χ1) is 16.3. The van der Waals surface area contributed by atoms with Crippen LogP contribution in [0.5, 0.6) is 0 Å². The number of halogens is 2. The van der Waals surface area contributed by atoms with Gasteiger partial charge in [-0.3, -0.25) is 9.29 Å². The zero-order valence-corrected chi connectivity index (χ0v) is 21.4. The number of hydrogen-bond donors (Lipinski definition) is 1. The standard InChI is InChI=1S/C28H37F2N3S/c1-19-17-22-21-7-4-5-8-23(21)31-26(22)27(33(19)18-28(2,3)30)25-10-9-24(34-25)20-11-15-32(16-12-20)14-6-13-29/h4-5,7-10,19-20,27,31H,6,11-18H2,1-3H3/t19-,27-/m1/s1. The lowest BCUT2D eigenvalue weighted by Crippen LogP contribution is -2.47. The number of para-hydroxylation sites is 1. The van der Waals surface area contributed by atoms with Gasteiger partial charge in [-0.05, 0) is 89.2 Å². The van der Waals surface area contributed by atoms with E-state index < -0.39 is 5.67 Å². The quantitative estimate of drug-likeness (QED) is 0.395. The number of alkyl halides is 2. The van der Waals surface area contributed by atoms with Crippen molar-refractivity contribution in [3.63, 3.8) is 0 Å². The molecular formula is C28H37F2N3S. The molecular weight excluding hydrogens is 448 g/mol. The van der Waals surface area contributed by atoms with Crippen LogP contribution < -0.4 is 0 Å². The van der Waals surface area contributed by atoms with E-state index >= 15 is 0 Å². The number of nitrogens with one attached hydrogen (secondary N) is 1. The number of nitrogens with zero attached hydrogens (tertiary/aromatic N) is 2. The molecule has 2 aromatic heterocycles. The molecule has 0 aliphatic carbocycles. The van der Waals surface area contributed by atoms with Gasteiger partial charge in [-0.25, -0.2) is 4.39 Å². The zero-order valence-electron chi connectivity index (χ0n) is 20.6. The topological polar surface area (TPSA) is 22.3 Å². The zero-order chi connectivity index (χ0) is 23.9. The summed E-state index contributed by atoms with van der Waals surface area (Å²) in [6.45, 7) is 8.77. The summed E-state index contributed by atoms with van der Waals surface area (Å²) in [4.78, 5) is 11.2. The van der Waals surface area contributed by atoms with Gasteiger partial charge in [-0.15, -0.1) is 11.3 Å². The van der Waals surface area contributed by atoms with Crippen molar-refractivity contribution in [2.24, 2.45) is 0 Å². The van der Waals surface area contributed by atoms with Crippen LogP contribution in [0.15, 0.2) is 36.4 Å². The fourth-order valence-electron chi connectivity index (χ4n) is 5.95. The largest absolute Gasteiger partial charge is 0.357 e. The molecule has 3 aromatic rings. The number of rotatable bonds is 7. The summed E-state index contributed by atoms with van der Waals surface area (Å²) >= 11 is 1.91. The summed E-state index contributed by atoms with van der Waals surface area (Å²) in [6.07, 6.45) is 3.83. The third kappa shape index (κ3) is 4.82. The molecule has 6 heteroatoms. The Balaban J connectivity index is 1.45. The van der Waals surface area contributed by atoms with Crippen LogP contribution in [0.4, 0.5) is 8.78 Å². The van der Waals surface area contributed by atoms with Crippen molar-refractivity contribution >= 4 is 22.2 Å². The van der Waals surface area contributed by atoms with Gasteiger partial charge in [0.2, 0.25) is 0 Å². The molecule has 0 bridgehead atoms. The average Bonchev–Trinajstić information content (AvgIpc) is 3.43. The van der Waals surface area contributed by atoms with Crippen molar-refractivity contribution in [3.8, 4) is 0 Å². The first-order valence-corrected chi connectivity index (χ1v) is 13.6. The molecule has 1 aromatic carbocycles. The Kier molecular flexibility index (Phi) is 6.84. The minimum absolute atomic E-state index is 0.0459. The fourth-order valence-corrected chi connectivity index (χ4v) is 7.26. The van der Waals surface area contributed by atoms with E-state index in [9.17, 15) is 8.78 Å². The second-order valence-electron chi connectivity index (χ2n) is 10.8. The summed E-state index contributed by atoms with van der Waals surface area (Å²) in [5.74, 6) is 0.564. The molecule has 0 radical (unpaired) electrons. The minimum atomic E-state index is -1.26. The van der Waals surface area contributed by atoms with E-state index in [2.05, 4.69) is 58.1 Å². The highest BCUT2D eigenvalue weighted by Crippen LogP contribution is 2.45. The summed E-state index contributed by atoms with van der Waals surface area (Å²) in [6, 6.07) is 13.4. The molecule has 34 heavy (non-hydrogen) atoms. The van der Waals surface area contributed by atoms with Crippen LogP contribution in [0.3, 0.4) is 0 Å². The van der Waals surface area contributed by atoms with Crippen molar-refractivity contribution in [3.05, 3.63) is 57.4 Å². The predicted octanol–water partition coefficient (Wildman–Crippen LogP) is 6.85. The van der Waals surface area contributed by atoms with Crippen LogP contribution in [-0.4, -0.2) is 59.3 Å². The first-order valence-electron chi connectivity index (χ1n) is 12.8. The van der Waals surface area contributed by atoms with Gasteiger partial charge in [-0.1, -0.05) is 18.2 Å². The number of thiophene rings is 1. The minimum Gasteiger partial charge on any atom is -0.357 e. The maximum Gasteiger partial charge on any atom is 0.118 e. The Morgan fingerprint density at radius 1 is 1.09 bits per heavy atom. The lowest BCUT2D eigenvalue weighted by molar-refractivity contribution is 0.0679. The van der Waals surface area contributed by atoms with E-state index in [0.29, 0.717) is 18.9 Å². The SMILES string of the molecule is C[C@@H]1Cc2c([nH]c3ccccc23)[C@@H](c2ccc(C3CCN(CCCF)CC3)s2)N1CC(C)(C)F. The Labute approximate surface area is 206 Å². The number of fused-ring (bicyclic) bond motifs is 3. The van der Waals surface area contributed by atoms with Crippen LogP contribution in [0, 0.1) is 0 Å². The molecule has 1 N–H and O–H groups in total. The van der Waals surface area contributed by atoms with E-state index in [1.165, 1.54) is 31.9 Å². The van der Waals surface area contributed by atoms with Gasteiger partial charge >= 0.3 is 0 Å². The molecule has 0 unspecified atom stereocenters. The molecule has 3 nitrogen and oxygen atoms in total. The first kappa shape index (κ1) is 24.0. The third-order valence-corrected chi connectivity index (χ3v) is 8.89. The van der Waals surface area contributed by atoms with Gasteiger partial charge in [-0.2, -0.15) is 0 Å². The Bertz CT molecular complexity index is 1110. The van der Waals surface area contributed by atoms with Crippen LogP contribution in [0.25, 0.3) is 10.9 Å². The summed E-state index contributed by atoms with van der Waals surface area (Å²) < 4.78 is 27.5. The van der Waals surface area contributed by atoms with E-state index in [1.54, 1.807) is 13.8 Å². The van der Waals surface area contributed by atoms with Gasteiger partial charge in [0.25, 0.3) is 0 Å². The van der Waals surface area contributed by atoms with Crippen molar-refractivity contribution in [1.82, 2.24) is 14.8 Å². The Morgan fingerprint density at radius 3 is 2.56 bits per heavy atom. The van der Waals surface area contributed by atoms with Crippen molar-refractivity contribution < 1.29 is 8.78 Å². The molecule has 0 amide bonds. The highest BCUT2D eigenvalue weighted by molar-refractivity contribution is 7.12. The van der Waals surface area contributed by atoms with Crippen LogP contribution >= 0.6 is 11.3 Å². The number of hydrogen-bond acceptors (Lipinski definition) is 3. The van der Waals surface area contributed by atoms with Crippen molar-refractivity contribution in [1.29, 1.82) is 0 Å². The molecule has 5 rings (SSSR count). The van der Waals surface area contributed by atoms with Gasteiger partial charge in [0, 0.05) is 45.5 Å². The van der Waals surface area contributed by atoms with E-state index in [0.717, 1.165) is 38.9 Å². The smallest absolute Gasteiger partial charge is 0.118 e. The maximum absolute atomic E-state index is 15.0. The fraction of sp³-hybridized carbons (Fsp3) is 0.571. The molecule has 0 spiro atoms. The highest BCUT2D eigenvalue weighted by Gasteiger charge is 2.39. The molecule has 1 fully saturated rings. The third-order valence-electron chi connectivity index (χ3n) is 7.59. The van der Waals surface area contributed by atoms with Crippen LogP contribution in [0.2, 0.25) is 0 Å². The maximum atomic E-state index is 15.0. The van der Waals surface area contributed by atoms with Gasteiger partial charge in [0.1, 0.15) is 5.67 Å². The average molecular weight is 486 g/mol. The normalized spacial score (nSPS) is 23.0. The molecule has 0 saturated carbocycles. The number of benzene rings is 1. The Hall–Kier alpha value is -1.76. The second kappa shape index (κ2) is 9.71. The summed E-state index contributed by atoms with van der Waals surface area (Å²) in [7, 11) is 0. The highest BCUT2D eigenvalue weighted by atomic mass is 32.1. The summed E-state index contributed by atoms with van der Waals surface area (Å²) in [5, 5.41) is 1.30. The van der Waals surface area contributed by atoms with Crippen LogP contribution in [0.1, 0.15) is 73.0 Å². The lowest BCUT2D eigenvalue weighted by Gasteiger charge is -2.42. The lowest BCUT2D eigenvalue weighted by atomic mass is 9.90. The number of piperidine rings is 1. The number of likely N-dealkylation sites (tertiary alicyclic amines) is 1. The van der Waals surface area contributed by atoms with E-state index in [4.69, 9.17) is 0 Å². The molecule has 2 atom stereocenters. The molecule has 1 saturated heterocycles. The van der Waals surface area contributed by atoms with E-state index in [1.807, 2.05) is 11.3 Å². The summed E-state index contributed by atoms with van der Waals surface area (Å²) in [5.41, 5.74) is 2.53. The molecule has 2 aliphatic heterocycles. The number of H-pyrrole nitrogens is 1. The Morgan fingerprint density at radius 2 is 1.82 bits per heavy atom. The molecule has 2 aliphatic rings. The van der Waals surface area contributed by atoms with Crippen molar-refractivity contribution in [2.45, 2.75) is 70.1 Å². The van der Waals surface area contributed by atoms with Crippen LogP contribution in [-0.2, 0) is 6.42 Å². The van der Waals surface area contributed by atoms with Crippen molar-refractivity contribution in [2.75, 3.05) is 32.9 Å².